The summed E-state index contributed by atoms with van der Waals surface area (Å²) in [7, 11) is -3.88. The van der Waals surface area contributed by atoms with E-state index in [0.29, 0.717) is 12.1 Å². The van der Waals surface area contributed by atoms with Crippen LogP contribution in [-0.4, -0.2) is 19.5 Å². The standard InChI is InChI=1S/C7H8O3S.C3H7N/c8-11(9,10)6-7-4-2-1-3-5-7;1-2-3-4/h1-5H,6H2,(H,8,9,10);2H,1,3-4H2. The van der Waals surface area contributed by atoms with Gasteiger partial charge in [-0.25, -0.2) is 0 Å². The Kier molecular flexibility index (Phi) is 6.61. The van der Waals surface area contributed by atoms with Gasteiger partial charge in [0.05, 0.1) is 0 Å². The average molecular weight is 229 g/mol. The van der Waals surface area contributed by atoms with Crippen LogP contribution in [-0.2, 0) is 15.9 Å². The van der Waals surface area contributed by atoms with Crippen LogP contribution in [0.3, 0.4) is 0 Å². The molecule has 1 rings (SSSR count). The van der Waals surface area contributed by atoms with Crippen molar-refractivity contribution in [2.45, 2.75) is 5.75 Å². The van der Waals surface area contributed by atoms with Crippen LogP contribution in [0.5, 0.6) is 0 Å². The third-order valence-electron chi connectivity index (χ3n) is 1.36. The van der Waals surface area contributed by atoms with E-state index in [1.54, 1.807) is 36.4 Å². The van der Waals surface area contributed by atoms with E-state index in [0.717, 1.165) is 0 Å². The predicted octanol–water partition coefficient (Wildman–Crippen LogP) is 1.21. The molecule has 0 amide bonds. The van der Waals surface area contributed by atoms with Crippen LogP contribution in [0.4, 0.5) is 0 Å². The SMILES string of the molecule is C=CCN.O=S(=O)(O)Cc1ccccc1. The van der Waals surface area contributed by atoms with Gasteiger partial charge in [0.25, 0.3) is 10.1 Å². The van der Waals surface area contributed by atoms with Crippen LogP contribution in [0.25, 0.3) is 0 Å². The number of hydrogen-bond donors (Lipinski definition) is 2. The summed E-state index contributed by atoms with van der Waals surface area (Å²) in [4.78, 5) is 0. The lowest BCUT2D eigenvalue weighted by Crippen LogP contribution is -2.00. The van der Waals surface area contributed by atoms with Crippen molar-refractivity contribution in [3.8, 4) is 0 Å². The van der Waals surface area contributed by atoms with E-state index in [2.05, 4.69) is 6.58 Å². The molecule has 0 aromatic heterocycles. The molecule has 0 aliphatic rings. The molecule has 0 saturated heterocycles. The summed E-state index contributed by atoms with van der Waals surface area (Å²) in [5, 5.41) is 0. The first-order valence-corrected chi connectivity index (χ1v) is 5.90. The maximum Gasteiger partial charge on any atom is 0.269 e. The Hall–Kier alpha value is -1.17. The van der Waals surface area contributed by atoms with E-state index in [9.17, 15) is 8.42 Å². The lowest BCUT2D eigenvalue weighted by molar-refractivity contribution is 0.482. The summed E-state index contributed by atoms with van der Waals surface area (Å²) in [5.74, 6) is -0.312. The second-order valence-electron chi connectivity index (χ2n) is 2.74. The predicted molar refractivity (Wildman–Crippen MR) is 60.9 cm³/mol. The fraction of sp³-hybridized carbons (Fsp3) is 0.200. The van der Waals surface area contributed by atoms with Gasteiger partial charge in [-0.1, -0.05) is 36.4 Å². The van der Waals surface area contributed by atoms with E-state index < -0.39 is 10.1 Å². The molecule has 1 aromatic rings. The lowest BCUT2D eigenvalue weighted by Gasteiger charge is -1.95. The Morgan fingerprint density at radius 1 is 1.33 bits per heavy atom. The van der Waals surface area contributed by atoms with Gasteiger partial charge in [-0.3, -0.25) is 4.55 Å². The normalized spacial score (nSPS) is 10.0. The van der Waals surface area contributed by atoms with Crippen LogP contribution in [0.2, 0.25) is 0 Å². The van der Waals surface area contributed by atoms with Crippen molar-refractivity contribution in [2.24, 2.45) is 5.73 Å². The van der Waals surface area contributed by atoms with Gasteiger partial charge >= 0.3 is 0 Å². The summed E-state index contributed by atoms with van der Waals surface area (Å²) in [5.41, 5.74) is 5.50. The minimum absolute atomic E-state index is 0.312. The molecule has 0 aliphatic carbocycles. The Bertz CT molecular complexity index is 373. The fourth-order valence-corrected chi connectivity index (χ4v) is 1.40. The van der Waals surface area contributed by atoms with Gasteiger partial charge in [-0.05, 0) is 5.56 Å². The van der Waals surface area contributed by atoms with Crippen molar-refractivity contribution in [3.05, 3.63) is 48.6 Å². The molecule has 0 spiro atoms. The van der Waals surface area contributed by atoms with Gasteiger partial charge in [0, 0.05) is 6.54 Å². The number of benzene rings is 1. The first kappa shape index (κ1) is 13.8. The Morgan fingerprint density at radius 3 is 2.13 bits per heavy atom. The molecule has 0 radical (unpaired) electrons. The largest absolute Gasteiger partial charge is 0.327 e. The van der Waals surface area contributed by atoms with Crippen LogP contribution >= 0.6 is 0 Å². The monoisotopic (exact) mass is 229 g/mol. The van der Waals surface area contributed by atoms with Crippen LogP contribution in [0.1, 0.15) is 5.56 Å². The second kappa shape index (κ2) is 7.17. The zero-order valence-corrected chi connectivity index (χ0v) is 9.15. The molecular weight excluding hydrogens is 214 g/mol. The smallest absolute Gasteiger partial charge is 0.269 e. The summed E-state index contributed by atoms with van der Waals surface area (Å²) >= 11 is 0. The highest BCUT2D eigenvalue weighted by Gasteiger charge is 2.04. The summed E-state index contributed by atoms with van der Waals surface area (Å²) in [6, 6.07) is 8.52. The lowest BCUT2D eigenvalue weighted by atomic mass is 10.2. The molecule has 0 aliphatic heterocycles. The van der Waals surface area contributed by atoms with Gasteiger partial charge < -0.3 is 5.73 Å². The minimum Gasteiger partial charge on any atom is -0.327 e. The molecule has 0 atom stereocenters. The highest BCUT2D eigenvalue weighted by molar-refractivity contribution is 7.85. The topological polar surface area (TPSA) is 80.4 Å². The molecule has 0 fully saturated rings. The zero-order chi connectivity index (χ0) is 11.7. The van der Waals surface area contributed by atoms with Crippen molar-refractivity contribution in [1.29, 1.82) is 0 Å². The molecule has 3 N–H and O–H groups in total. The van der Waals surface area contributed by atoms with Crippen molar-refractivity contribution >= 4 is 10.1 Å². The quantitative estimate of drug-likeness (QED) is 0.603. The van der Waals surface area contributed by atoms with Gasteiger partial charge in [-0.2, -0.15) is 8.42 Å². The van der Waals surface area contributed by atoms with Crippen LogP contribution in [0, 0.1) is 0 Å². The Morgan fingerprint density at radius 2 is 1.80 bits per heavy atom. The van der Waals surface area contributed by atoms with E-state index in [4.69, 9.17) is 10.3 Å². The highest BCUT2D eigenvalue weighted by atomic mass is 32.2. The van der Waals surface area contributed by atoms with Crippen LogP contribution < -0.4 is 5.73 Å². The number of hydrogen-bond acceptors (Lipinski definition) is 3. The van der Waals surface area contributed by atoms with Gasteiger partial charge in [0.1, 0.15) is 5.75 Å². The molecule has 0 unspecified atom stereocenters. The second-order valence-corrected chi connectivity index (χ2v) is 4.19. The van der Waals surface area contributed by atoms with Crippen LogP contribution in [0.15, 0.2) is 43.0 Å². The molecule has 4 nitrogen and oxygen atoms in total. The van der Waals surface area contributed by atoms with Gasteiger partial charge in [0.2, 0.25) is 0 Å². The first-order chi connectivity index (χ1) is 6.99. The molecule has 15 heavy (non-hydrogen) atoms. The highest BCUT2D eigenvalue weighted by Crippen LogP contribution is 2.02. The summed E-state index contributed by atoms with van der Waals surface area (Å²) in [6.07, 6.45) is 1.65. The zero-order valence-electron chi connectivity index (χ0n) is 8.33. The maximum absolute atomic E-state index is 10.4. The summed E-state index contributed by atoms with van der Waals surface area (Å²) < 4.78 is 29.2. The van der Waals surface area contributed by atoms with E-state index in [1.807, 2.05) is 0 Å². The molecule has 84 valence electrons. The number of nitrogens with two attached hydrogens (primary N) is 1. The maximum atomic E-state index is 10.4. The Labute approximate surface area is 90.2 Å². The van der Waals surface area contributed by atoms with E-state index >= 15 is 0 Å². The molecule has 5 heteroatoms. The van der Waals surface area contributed by atoms with Crippen molar-refractivity contribution in [3.63, 3.8) is 0 Å². The molecule has 0 heterocycles. The van der Waals surface area contributed by atoms with Crippen molar-refractivity contribution < 1.29 is 13.0 Å². The van der Waals surface area contributed by atoms with Gasteiger partial charge in [0.15, 0.2) is 0 Å². The molecule has 0 bridgehead atoms. The average Bonchev–Trinajstić information content (AvgIpc) is 2.17. The summed E-state index contributed by atoms with van der Waals surface area (Å²) in [6.45, 7) is 3.94. The van der Waals surface area contributed by atoms with E-state index in [-0.39, 0.29) is 5.75 Å². The van der Waals surface area contributed by atoms with Gasteiger partial charge in [-0.15, -0.1) is 6.58 Å². The third kappa shape index (κ3) is 9.14. The fourth-order valence-electron chi connectivity index (χ4n) is 0.785. The first-order valence-electron chi connectivity index (χ1n) is 4.29. The minimum atomic E-state index is -3.88. The van der Waals surface area contributed by atoms with E-state index in [1.165, 1.54) is 0 Å². The number of rotatable bonds is 3. The molecule has 0 saturated carbocycles. The Balaban J connectivity index is 0.000000423. The molecule has 1 aromatic carbocycles. The van der Waals surface area contributed by atoms with Crippen molar-refractivity contribution in [1.82, 2.24) is 0 Å². The molecular formula is C10H15NO3S. The third-order valence-corrected chi connectivity index (χ3v) is 2.06. The van der Waals surface area contributed by atoms with Crippen molar-refractivity contribution in [2.75, 3.05) is 6.54 Å².